The summed E-state index contributed by atoms with van der Waals surface area (Å²) in [4.78, 5) is 12.3. The lowest BCUT2D eigenvalue weighted by Gasteiger charge is -2.06. The van der Waals surface area contributed by atoms with Gasteiger partial charge in [0.15, 0.2) is 5.78 Å². The Balaban J connectivity index is 2.27. The molecule has 0 saturated carbocycles. The van der Waals surface area contributed by atoms with Gasteiger partial charge in [-0.2, -0.15) is 10.2 Å². The molecule has 98 valence electrons. The second kappa shape index (κ2) is 5.93. The number of aryl methyl sites for hydroxylation is 2. The molecule has 1 aromatic carbocycles. The molecule has 0 aliphatic carbocycles. The van der Waals surface area contributed by atoms with E-state index >= 15 is 0 Å². The minimum atomic E-state index is 0.0529. The van der Waals surface area contributed by atoms with Gasteiger partial charge in [0, 0.05) is 17.0 Å². The van der Waals surface area contributed by atoms with Crippen LogP contribution in [0.4, 0.5) is 0 Å². The van der Waals surface area contributed by atoms with Crippen LogP contribution in [0.5, 0.6) is 0 Å². The Morgan fingerprint density at radius 1 is 1.26 bits per heavy atom. The first-order chi connectivity index (χ1) is 9.10. The van der Waals surface area contributed by atoms with Crippen LogP contribution in [0.15, 0.2) is 30.3 Å². The Kier molecular flexibility index (Phi) is 4.27. The van der Waals surface area contributed by atoms with Gasteiger partial charge in [-0.3, -0.25) is 4.79 Å². The van der Waals surface area contributed by atoms with Crippen LogP contribution in [-0.4, -0.2) is 16.0 Å². The van der Waals surface area contributed by atoms with Gasteiger partial charge in [-0.1, -0.05) is 30.7 Å². The van der Waals surface area contributed by atoms with Crippen molar-refractivity contribution in [3.8, 4) is 0 Å². The van der Waals surface area contributed by atoms with Crippen molar-refractivity contribution in [1.82, 2.24) is 10.2 Å². The molecule has 0 atom stereocenters. The van der Waals surface area contributed by atoms with Gasteiger partial charge < -0.3 is 0 Å². The van der Waals surface area contributed by atoms with E-state index in [4.69, 9.17) is 11.6 Å². The van der Waals surface area contributed by atoms with Gasteiger partial charge in [-0.25, -0.2) is 0 Å². The molecule has 0 radical (unpaired) electrons. The van der Waals surface area contributed by atoms with Crippen molar-refractivity contribution in [3.05, 3.63) is 57.9 Å². The van der Waals surface area contributed by atoms with Gasteiger partial charge in [0.05, 0.1) is 11.4 Å². The maximum atomic E-state index is 12.3. The van der Waals surface area contributed by atoms with Crippen molar-refractivity contribution < 1.29 is 4.79 Å². The van der Waals surface area contributed by atoms with E-state index < -0.39 is 0 Å². The molecule has 1 aromatic heterocycles. The lowest BCUT2D eigenvalue weighted by molar-refractivity contribution is 0.0991. The second-order valence-electron chi connectivity index (χ2n) is 4.43. The predicted molar refractivity (Wildman–Crippen MR) is 75.6 cm³/mol. The first-order valence-corrected chi connectivity index (χ1v) is 6.58. The van der Waals surface area contributed by atoms with Gasteiger partial charge in [0.25, 0.3) is 0 Å². The molecule has 0 spiro atoms. The van der Waals surface area contributed by atoms with Crippen LogP contribution in [0.3, 0.4) is 0 Å². The molecule has 0 fully saturated rings. The van der Waals surface area contributed by atoms with Crippen LogP contribution in [0.1, 0.15) is 34.2 Å². The molecule has 0 saturated heterocycles. The SMILES string of the molecule is CCc1nnc(C)cc1C(=O)Cc1cccc(Cl)c1. The zero-order chi connectivity index (χ0) is 13.8. The van der Waals surface area contributed by atoms with E-state index in [-0.39, 0.29) is 5.78 Å². The summed E-state index contributed by atoms with van der Waals surface area (Å²) in [7, 11) is 0. The van der Waals surface area contributed by atoms with Crippen LogP contribution >= 0.6 is 11.6 Å². The molecule has 19 heavy (non-hydrogen) atoms. The third kappa shape index (κ3) is 3.38. The fraction of sp³-hybridized carbons (Fsp3) is 0.267. The Hall–Kier alpha value is -1.74. The number of Topliss-reactive ketones (excluding diaryl/α,β-unsaturated/α-hetero) is 1. The molecule has 0 unspecified atom stereocenters. The minimum absolute atomic E-state index is 0.0529. The van der Waals surface area contributed by atoms with E-state index in [1.54, 1.807) is 12.1 Å². The maximum absolute atomic E-state index is 12.3. The van der Waals surface area contributed by atoms with E-state index in [2.05, 4.69) is 10.2 Å². The van der Waals surface area contributed by atoms with Crippen molar-refractivity contribution >= 4 is 17.4 Å². The van der Waals surface area contributed by atoms with Crippen LogP contribution in [-0.2, 0) is 12.8 Å². The zero-order valence-corrected chi connectivity index (χ0v) is 11.7. The van der Waals surface area contributed by atoms with Gasteiger partial charge in [0.1, 0.15) is 0 Å². The summed E-state index contributed by atoms with van der Waals surface area (Å²) in [5.74, 6) is 0.0529. The molecular formula is C15H15ClN2O. The van der Waals surface area contributed by atoms with E-state index in [1.165, 1.54) is 0 Å². The highest BCUT2D eigenvalue weighted by Crippen LogP contribution is 2.15. The lowest BCUT2D eigenvalue weighted by atomic mass is 10.0. The first-order valence-electron chi connectivity index (χ1n) is 6.21. The largest absolute Gasteiger partial charge is 0.294 e. The highest BCUT2D eigenvalue weighted by molar-refractivity contribution is 6.30. The van der Waals surface area contributed by atoms with E-state index in [1.807, 2.05) is 32.0 Å². The minimum Gasteiger partial charge on any atom is -0.294 e. The van der Waals surface area contributed by atoms with Gasteiger partial charge in [-0.15, -0.1) is 0 Å². The number of carbonyl (C=O) groups is 1. The summed E-state index contributed by atoms with van der Waals surface area (Å²) >= 11 is 5.92. The third-order valence-corrected chi connectivity index (χ3v) is 3.12. The number of aromatic nitrogens is 2. The number of hydrogen-bond acceptors (Lipinski definition) is 3. The van der Waals surface area contributed by atoms with Gasteiger partial charge in [0.2, 0.25) is 0 Å². The molecule has 0 bridgehead atoms. The average Bonchev–Trinajstić information content (AvgIpc) is 2.38. The van der Waals surface area contributed by atoms with E-state index in [0.29, 0.717) is 23.4 Å². The molecule has 2 aromatic rings. The summed E-state index contributed by atoms with van der Waals surface area (Å²) in [5, 5.41) is 8.71. The normalized spacial score (nSPS) is 10.5. The van der Waals surface area contributed by atoms with Gasteiger partial charge >= 0.3 is 0 Å². The number of benzene rings is 1. The molecule has 3 nitrogen and oxygen atoms in total. The van der Waals surface area contributed by atoms with Crippen molar-refractivity contribution in [3.63, 3.8) is 0 Å². The monoisotopic (exact) mass is 274 g/mol. The van der Waals surface area contributed by atoms with Crippen LogP contribution in [0.25, 0.3) is 0 Å². The molecule has 1 heterocycles. The Bertz CT molecular complexity index is 611. The number of halogens is 1. The third-order valence-electron chi connectivity index (χ3n) is 2.88. The lowest BCUT2D eigenvalue weighted by Crippen LogP contribution is -2.10. The number of nitrogens with zero attached hydrogens (tertiary/aromatic N) is 2. The topological polar surface area (TPSA) is 42.9 Å². The summed E-state index contributed by atoms with van der Waals surface area (Å²) in [6.45, 7) is 3.80. The molecule has 0 aliphatic rings. The van der Waals surface area contributed by atoms with Gasteiger partial charge in [-0.05, 0) is 37.1 Å². The van der Waals surface area contributed by atoms with Crippen LogP contribution in [0, 0.1) is 6.92 Å². The van der Waals surface area contributed by atoms with Crippen molar-refractivity contribution in [2.24, 2.45) is 0 Å². The van der Waals surface area contributed by atoms with Crippen molar-refractivity contribution in [2.75, 3.05) is 0 Å². The summed E-state index contributed by atoms with van der Waals surface area (Å²) in [6, 6.07) is 9.16. The first kappa shape index (κ1) is 13.7. The standard InChI is InChI=1S/C15H15ClN2O/c1-3-14-13(7-10(2)17-18-14)15(19)9-11-5-4-6-12(16)8-11/h4-8H,3,9H2,1-2H3. The van der Waals surface area contributed by atoms with Crippen LogP contribution in [0.2, 0.25) is 5.02 Å². The number of hydrogen-bond donors (Lipinski definition) is 0. The van der Waals surface area contributed by atoms with Crippen LogP contribution < -0.4 is 0 Å². The van der Waals surface area contributed by atoms with Crippen molar-refractivity contribution in [1.29, 1.82) is 0 Å². The molecule has 0 N–H and O–H groups in total. The number of ketones is 1. The molecule has 0 aliphatic heterocycles. The summed E-state index contributed by atoms with van der Waals surface area (Å²) < 4.78 is 0. The summed E-state index contributed by atoms with van der Waals surface area (Å²) in [6.07, 6.45) is 1.03. The van der Waals surface area contributed by atoms with E-state index in [9.17, 15) is 4.79 Å². The molecule has 2 rings (SSSR count). The smallest absolute Gasteiger partial charge is 0.169 e. The average molecular weight is 275 g/mol. The predicted octanol–water partition coefficient (Wildman–Crippen LogP) is 3.43. The Labute approximate surface area is 117 Å². The molecular weight excluding hydrogens is 260 g/mol. The van der Waals surface area contributed by atoms with Crippen molar-refractivity contribution in [2.45, 2.75) is 26.7 Å². The molecule has 4 heteroatoms. The molecule has 0 amide bonds. The van der Waals surface area contributed by atoms with E-state index in [0.717, 1.165) is 17.0 Å². The highest BCUT2D eigenvalue weighted by atomic mass is 35.5. The Morgan fingerprint density at radius 3 is 2.74 bits per heavy atom. The number of carbonyl (C=O) groups excluding carboxylic acids is 1. The maximum Gasteiger partial charge on any atom is 0.169 e. The zero-order valence-electron chi connectivity index (χ0n) is 11.0. The Morgan fingerprint density at radius 2 is 2.05 bits per heavy atom. The fourth-order valence-electron chi connectivity index (χ4n) is 1.94. The summed E-state index contributed by atoms with van der Waals surface area (Å²) in [5.41, 5.74) is 3.08. The quantitative estimate of drug-likeness (QED) is 0.802. The fourth-order valence-corrected chi connectivity index (χ4v) is 2.16. The highest BCUT2D eigenvalue weighted by Gasteiger charge is 2.13. The number of rotatable bonds is 4. The second-order valence-corrected chi connectivity index (χ2v) is 4.87.